The van der Waals surface area contributed by atoms with Crippen LogP contribution in [-0.4, -0.2) is 5.11 Å². The number of aliphatic hydroxyl groups excluding tert-OH is 1. The van der Waals surface area contributed by atoms with Crippen LogP contribution >= 0.6 is 22.9 Å². The zero-order valence-electron chi connectivity index (χ0n) is 7.65. The Hall–Kier alpha value is -0.900. The fourth-order valence-electron chi connectivity index (χ4n) is 1.31. The van der Waals surface area contributed by atoms with Crippen LogP contribution in [0.15, 0.2) is 35.7 Å². The molecule has 1 aromatic carbocycles. The molecule has 1 N–H and O–H groups in total. The van der Waals surface area contributed by atoms with Gasteiger partial charge in [0.15, 0.2) is 5.82 Å². The summed E-state index contributed by atoms with van der Waals surface area (Å²) in [5.74, 6) is -0.480. The van der Waals surface area contributed by atoms with Gasteiger partial charge >= 0.3 is 0 Å². The predicted molar refractivity (Wildman–Crippen MR) is 59.8 cm³/mol. The van der Waals surface area contributed by atoms with E-state index in [0.29, 0.717) is 10.4 Å². The molecule has 2 rings (SSSR count). The standard InChI is InChI=1S/C11H8ClFOS/c12-9-8(13)6-15-11(9)10(14)7-4-2-1-3-5-7/h1-6,10,14H. The average Bonchev–Trinajstić information content (AvgIpc) is 2.60. The quantitative estimate of drug-likeness (QED) is 0.853. The zero-order valence-corrected chi connectivity index (χ0v) is 9.23. The van der Waals surface area contributed by atoms with Crippen LogP contribution in [0.5, 0.6) is 0 Å². The van der Waals surface area contributed by atoms with Crippen LogP contribution in [0.1, 0.15) is 16.5 Å². The van der Waals surface area contributed by atoms with Gasteiger partial charge in [0.05, 0.1) is 9.90 Å². The van der Waals surface area contributed by atoms with Crippen molar-refractivity contribution in [1.29, 1.82) is 0 Å². The van der Waals surface area contributed by atoms with Crippen LogP contribution in [0.2, 0.25) is 5.02 Å². The summed E-state index contributed by atoms with van der Waals surface area (Å²) in [5, 5.41) is 11.3. The normalized spacial score (nSPS) is 12.7. The lowest BCUT2D eigenvalue weighted by atomic mass is 10.1. The first-order valence-electron chi connectivity index (χ1n) is 4.35. The summed E-state index contributed by atoms with van der Waals surface area (Å²) in [5.41, 5.74) is 0.709. The van der Waals surface area contributed by atoms with Gasteiger partial charge in [-0.1, -0.05) is 41.9 Å². The highest BCUT2D eigenvalue weighted by molar-refractivity contribution is 7.10. The maximum Gasteiger partial charge on any atom is 0.152 e. The Morgan fingerprint density at radius 2 is 1.93 bits per heavy atom. The monoisotopic (exact) mass is 242 g/mol. The molecule has 1 heterocycles. The summed E-state index contributed by atoms with van der Waals surface area (Å²) in [6.07, 6.45) is -0.854. The molecular weight excluding hydrogens is 235 g/mol. The smallest absolute Gasteiger partial charge is 0.152 e. The van der Waals surface area contributed by atoms with E-state index < -0.39 is 11.9 Å². The molecule has 15 heavy (non-hydrogen) atoms. The molecule has 0 spiro atoms. The topological polar surface area (TPSA) is 20.2 Å². The van der Waals surface area contributed by atoms with Gasteiger partial charge in [0, 0.05) is 5.38 Å². The van der Waals surface area contributed by atoms with Gasteiger partial charge in [-0.05, 0) is 5.56 Å². The van der Waals surface area contributed by atoms with Crippen molar-refractivity contribution >= 4 is 22.9 Å². The Bertz CT molecular complexity index is 455. The Labute approximate surface area is 95.8 Å². The lowest BCUT2D eigenvalue weighted by molar-refractivity contribution is 0.224. The Morgan fingerprint density at radius 1 is 1.27 bits per heavy atom. The molecule has 0 saturated carbocycles. The summed E-state index contributed by atoms with van der Waals surface area (Å²) in [4.78, 5) is 0.445. The van der Waals surface area contributed by atoms with E-state index in [1.165, 1.54) is 5.38 Å². The first-order valence-corrected chi connectivity index (χ1v) is 5.61. The minimum atomic E-state index is -0.854. The highest BCUT2D eigenvalue weighted by Gasteiger charge is 2.18. The fraction of sp³-hybridized carbons (Fsp3) is 0.0909. The lowest BCUT2D eigenvalue weighted by Crippen LogP contribution is -1.97. The number of benzene rings is 1. The van der Waals surface area contributed by atoms with Crippen LogP contribution in [0.25, 0.3) is 0 Å². The number of hydrogen-bond acceptors (Lipinski definition) is 2. The van der Waals surface area contributed by atoms with E-state index in [1.807, 2.05) is 18.2 Å². The van der Waals surface area contributed by atoms with E-state index in [1.54, 1.807) is 12.1 Å². The van der Waals surface area contributed by atoms with Crippen molar-refractivity contribution in [3.63, 3.8) is 0 Å². The van der Waals surface area contributed by atoms with E-state index in [0.717, 1.165) is 11.3 Å². The molecule has 0 radical (unpaired) electrons. The van der Waals surface area contributed by atoms with Gasteiger partial charge in [-0.3, -0.25) is 0 Å². The van der Waals surface area contributed by atoms with Crippen molar-refractivity contribution in [2.45, 2.75) is 6.10 Å². The van der Waals surface area contributed by atoms with E-state index in [-0.39, 0.29) is 5.02 Å². The lowest BCUT2D eigenvalue weighted by Gasteiger charge is -2.08. The van der Waals surface area contributed by atoms with Gasteiger partial charge in [-0.25, -0.2) is 4.39 Å². The molecule has 1 nitrogen and oxygen atoms in total. The molecule has 0 aliphatic carbocycles. The highest BCUT2D eigenvalue weighted by Crippen LogP contribution is 2.34. The van der Waals surface area contributed by atoms with E-state index in [9.17, 15) is 9.50 Å². The number of rotatable bonds is 2. The molecule has 78 valence electrons. The maximum atomic E-state index is 13.0. The Morgan fingerprint density at radius 3 is 2.47 bits per heavy atom. The van der Waals surface area contributed by atoms with Gasteiger partial charge in [-0.15, -0.1) is 11.3 Å². The molecule has 1 aromatic heterocycles. The average molecular weight is 243 g/mol. The first kappa shape index (κ1) is 10.6. The van der Waals surface area contributed by atoms with E-state index >= 15 is 0 Å². The largest absolute Gasteiger partial charge is 0.383 e. The van der Waals surface area contributed by atoms with Crippen molar-refractivity contribution in [2.75, 3.05) is 0 Å². The van der Waals surface area contributed by atoms with Gasteiger partial charge < -0.3 is 5.11 Å². The van der Waals surface area contributed by atoms with Crippen LogP contribution < -0.4 is 0 Å². The molecule has 2 aromatic rings. The van der Waals surface area contributed by atoms with Gasteiger partial charge in [0.25, 0.3) is 0 Å². The SMILES string of the molecule is OC(c1ccccc1)c1scc(F)c1Cl. The molecule has 0 aliphatic rings. The van der Waals surface area contributed by atoms with Crippen molar-refractivity contribution in [3.05, 3.63) is 57.0 Å². The summed E-state index contributed by atoms with van der Waals surface area (Å²) in [6, 6.07) is 9.04. The second kappa shape index (κ2) is 4.31. The second-order valence-electron chi connectivity index (χ2n) is 3.08. The molecule has 0 fully saturated rings. The minimum Gasteiger partial charge on any atom is -0.383 e. The van der Waals surface area contributed by atoms with Crippen LogP contribution in [0.3, 0.4) is 0 Å². The predicted octanol–water partition coefficient (Wildman–Crippen LogP) is 3.62. The van der Waals surface area contributed by atoms with E-state index in [2.05, 4.69) is 0 Å². The highest BCUT2D eigenvalue weighted by atomic mass is 35.5. The number of halogens is 2. The molecular formula is C11H8ClFOS. The fourth-order valence-corrected chi connectivity index (χ4v) is 2.48. The third kappa shape index (κ3) is 2.04. The van der Waals surface area contributed by atoms with Gasteiger partial charge in [0.2, 0.25) is 0 Å². The van der Waals surface area contributed by atoms with Gasteiger partial charge in [0.1, 0.15) is 6.10 Å². The molecule has 1 unspecified atom stereocenters. The Kier molecular flexibility index (Phi) is 3.05. The molecule has 1 atom stereocenters. The molecule has 0 bridgehead atoms. The molecule has 4 heteroatoms. The first-order chi connectivity index (χ1) is 7.20. The van der Waals surface area contributed by atoms with Crippen molar-refractivity contribution in [1.82, 2.24) is 0 Å². The molecule has 0 saturated heterocycles. The number of thiophene rings is 1. The summed E-state index contributed by atoms with van der Waals surface area (Å²) >= 11 is 6.85. The van der Waals surface area contributed by atoms with Crippen molar-refractivity contribution in [3.8, 4) is 0 Å². The van der Waals surface area contributed by atoms with Gasteiger partial charge in [-0.2, -0.15) is 0 Å². The number of aliphatic hydroxyl groups is 1. The van der Waals surface area contributed by atoms with Crippen LogP contribution in [0.4, 0.5) is 4.39 Å². The second-order valence-corrected chi connectivity index (χ2v) is 4.36. The molecule has 0 aliphatic heterocycles. The third-order valence-corrected chi connectivity index (χ3v) is 3.58. The maximum absolute atomic E-state index is 13.0. The Balaban J connectivity index is 2.37. The zero-order chi connectivity index (χ0) is 10.8. The summed E-state index contributed by atoms with van der Waals surface area (Å²) in [7, 11) is 0. The summed E-state index contributed by atoms with van der Waals surface area (Å²) < 4.78 is 13.0. The summed E-state index contributed by atoms with van der Waals surface area (Å²) in [6.45, 7) is 0. The van der Waals surface area contributed by atoms with Crippen molar-refractivity contribution in [2.24, 2.45) is 0 Å². The van der Waals surface area contributed by atoms with Crippen molar-refractivity contribution < 1.29 is 9.50 Å². The van der Waals surface area contributed by atoms with E-state index in [4.69, 9.17) is 11.6 Å². The minimum absolute atomic E-state index is 0.0105. The van der Waals surface area contributed by atoms with Crippen LogP contribution in [0, 0.1) is 5.82 Å². The number of hydrogen-bond donors (Lipinski definition) is 1. The third-order valence-electron chi connectivity index (χ3n) is 2.08. The van der Waals surface area contributed by atoms with Crippen LogP contribution in [-0.2, 0) is 0 Å². The molecule has 0 amide bonds.